The van der Waals surface area contributed by atoms with E-state index in [2.05, 4.69) is 11.8 Å². The van der Waals surface area contributed by atoms with Gasteiger partial charge in [0.1, 0.15) is 38.3 Å². The van der Waals surface area contributed by atoms with Crippen LogP contribution >= 0.6 is 0 Å². The van der Waals surface area contributed by atoms with E-state index >= 15 is 0 Å². The van der Waals surface area contributed by atoms with E-state index in [0.29, 0.717) is 73.7 Å². The number of carbonyl (C=O) groups is 3. The van der Waals surface area contributed by atoms with E-state index in [1.807, 2.05) is 56.6 Å². The second-order valence-electron chi connectivity index (χ2n) is 19.1. The van der Waals surface area contributed by atoms with Gasteiger partial charge in [0.25, 0.3) is 21.9 Å². The zero-order chi connectivity index (χ0) is 51.7. The molecule has 0 bridgehead atoms. The van der Waals surface area contributed by atoms with Crippen LogP contribution in [-0.2, 0) is 60.4 Å². The monoisotopic (exact) mass is 1080 g/mol. The molecule has 3 heterocycles. The molecule has 3 aromatic rings. The van der Waals surface area contributed by atoms with E-state index in [1.54, 1.807) is 12.1 Å². The molecule has 4 aliphatic rings. The zero-order valence-corrected chi connectivity index (χ0v) is 48.8. The van der Waals surface area contributed by atoms with Gasteiger partial charge in [-0.05, 0) is 136 Å². The van der Waals surface area contributed by atoms with E-state index < -0.39 is 63.9 Å². The van der Waals surface area contributed by atoms with Crippen LogP contribution in [0.25, 0.3) is 0 Å². The number of allylic oxidation sites excluding steroid dienone is 7. The van der Waals surface area contributed by atoms with Gasteiger partial charge in [-0.25, -0.2) is 21.6 Å². The topological polar surface area (TPSA) is 248 Å². The minimum absolute atomic E-state index is 0. The molecule has 3 aliphatic heterocycles. The summed E-state index contributed by atoms with van der Waals surface area (Å²) >= 11 is 0. The van der Waals surface area contributed by atoms with Crippen LogP contribution in [0.2, 0.25) is 0 Å². The summed E-state index contributed by atoms with van der Waals surface area (Å²) in [6.45, 7) is 11.0. The van der Waals surface area contributed by atoms with E-state index in [4.69, 9.17) is 9.57 Å². The minimum Gasteiger partial charge on any atom is -0.744 e. The first-order valence-electron chi connectivity index (χ1n) is 23.6. The van der Waals surface area contributed by atoms with Gasteiger partial charge in [0, 0.05) is 66.7 Å². The Hall–Kier alpha value is -3.77. The molecule has 1 aliphatic carbocycles. The van der Waals surface area contributed by atoms with Crippen LogP contribution in [0.1, 0.15) is 123 Å². The number of fused-ring (bicyclic) bond motifs is 2. The molecule has 1 fully saturated rings. The molecule has 22 heteroatoms. The molecule has 1 saturated heterocycles. The number of ether oxygens (including phenoxy) is 1. The van der Waals surface area contributed by atoms with Gasteiger partial charge in [0.2, 0.25) is 5.69 Å². The molecule has 1 N–H and O–H groups in total. The summed E-state index contributed by atoms with van der Waals surface area (Å²) in [5.41, 5.74) is 4.55. The summed E-state index contributed by atoms with van der Waals surface area (Å²) in [5, 5.41) is 0.520. The van der Waals surface area contributed by atoms with Gasteiger partial charge in [0.15, 0.2) is 5.71 Å². The molecule has 3 aromatic carbocycles. The summed E-state index contributed by atoms with van der Waals surface area (Å²) in [5.74, 6) is -1.08. The third-order valence-corrected chi connectivity index (χ3v) is 16.0. The van der Waals surface area contributed by atoms with Crippen molar-refractivity contribution in [1.29, 1.82) is 0 Å². The molecule has 0 unspecified atom stereocenters. The largest absolute Gasteiger partial charge is 1.00 e. The summed E-state index contributed by atoms with van der Waals surface area (Å²) in [6.07, 6.45) is 13.9. The Morgan fingerprint density at radius 2 is 1.37 bits per heavy atom. The average Bonchev–Trinajstić information content (AvgIpc) is 3.81. The molecule has 0 spiro atoms. The van der Waals surface area contributed by atoms with Gasteiger partial charge in [-0.3, -0.25) is 14.1 Å². The second-order valence-corrected chi connectivity index (χ2v) is 23.3. The van der Waals surface area contributed by atoms with Gasteiger partial charge in [-0.15, -0.1) is 5.06 Å². The smallest absolute Gasteiger partial charge is 0.744 e. The zero-order valence-electron chi connectivity index (χ0n) is 42.3. The number of anilines is 1. The molecular weight excluding hydrogens is 1020 g/mol. The number of carbonyl (C=O) groups excluding carboxylic acids is 3. The molecule has 7 rings (SSSR count). The van der Waals surface area contributed by atoms with Crippen molar-refractivity contribution in [2.24, 2.45) is 0 Å². The van der Waals surface area contributed by atoms with Crippen LogP contribution in [0, 0.1) is 0 Å². The molecule has 2 amide bonds. The van der Waals surface area contributed by atoms with Crippen LogP contribution in [0.15, 0.2) is 122 Å². The van der Waals surface area contributed by atoms with Crippen LogP contribution in [0.3, 0.4) is 0 Å². The van der Waals surface area contributed by atoms with Gasteiger partial charge in [-0.2, -0.15) is 13.0 Å². The Bertz CT molecular complexity index is 3150. The Morgan fingerprint density at radius 1 is 0.740 bits per heavy atom. The van der Waals surface area contributed by atoms with E-state index in [0.717, 1.165) is 53.1 Å². The standard InChI is InChI=1S/C51H59N3O14S3.2Na/c1-6-7-10-30-52-42-24-22-38(70(61,62)63)32-40(42)50(2,3)44(52)26-16-34-13-12-14-35(49(34)67-36-18-20-37(21-19-36)69(58,59)60)17-27-45-51(4,5)41-33-39(71(64,65)66)23-25-43(41)53(45)31-11-8-9-15-48(57)68-54-46(55)28-29-47(54)56;;/h16-27,32-33H,6-15,28-31H2,1-5H3,(H2-,58,59,60,61,62,63,64,65,66);;/q;2*+1/p-1. The molecule has 0 aromatic heterocycles. The Morgan fingerprint density at radius 3 is 2.00 bits per heavy atom. The fourth-order valence-electron chi connectivity index (χ4n) is 9.65. The molecule has 17 nitrogen and oxygen atoms in total. The fourth-order valence-corrected chi connectivity index (χ4v) is 11.1. The normalized spacial score (nSPS) is 18.6. The molecule has 0 saturated carbocycles. The van der Waals surface area contributed by atoms with E-state index in [-0.39, 0.29) is 93.9 Å². The molecule has 0 radical (unpaired) electrons. The number of unbranched alkanes of at least 4 members (excludes halogenated alkanes) is 4. The number of nitrogens with zero attached hydrogens (tertiary/aromatic N) is 3. The van der Waals surface area contributed by atoms with Crippen molar-refractivity contribution in [2.45, 2.75) is 137 Å². The number of hydrogen-bond acceptors (Lipinski definition) is 14. The number of benzene rings is 3. The summed E-state index contributed by atoms with van der Waals surface area (Å²) in [4.78, 5) is 42.6. The quantitative estimate of drug-likeness (QED) is 0.0594. The maximum atomic E-state index is 12.5. The van der Waals surface area contributed by atoms with E-state index in [9.17, 15) is 53.3 Å². The summed E-state index contributed by atoms with van der Waals surface area (Å²) in [6, 6.07) is 14.1. The third kappa shape index (κ3) is 13.6. The predicted octanol–water partition coefficient (Wildman–Crippen LogP) is 2.16. The van der Waals surface area contributed by atoms with Crippen molar-refractivity contribution in [2.75, 3.05) is 18.0 Å². The molecule has 380 valence electrons. The second kappa shape index (κ2) is 24.1. The molecule has 0 atom stereocenters. The maximum absolute atomic E-state index is 12.5. The van der Waals surface area contributed by atoms with Gasteiger partial charge in [0.05, 0.1) is 20.1 Å². The first-order valence-corrected chi connectivity index (χ1v) is 27.9. The summed E-state index contributed by atoms with van der Waals surface area (Å²) < 4.78 is 115. The number of imide groups is 1. The van der Waals surface area contributed by atoms with Crippen LogP contribution in [-0.4, -0.2) is 85.1 Å². The van der Waals surface area contributed by atoms with Crippen molar-refractivity contribution in [3.05, 3.63) is 119 Å². The van der Waals surface area contributed by atoms with Crippen molar-refractivity contribution in [3.8, 4) is 5.75 Å². The van der Waals surface area contributed by atoms with Crippen molar-refractivity contribution >= 4 is 65.2 Å². The Kier molecular flexibility index (Phi) is 19.8. The van der Waals surface area contributed by atoms with Crippen LogP contribution < -0.4 is 68.8 Å². The number of rotatable bonds is 19. The molecule has 73 heavy (non-hydrogen) atoms. The van der Waals surface area contributed by atoms with Crippen molar-refractivity contribution in [3.63, 3.8) is 0 Å². The number of hydrogen-bond donors (Lipinski definition) is 1. The fraction of sp³-hybridized carbons (Fsp3) is 0.412. The van der Waals surface area contributed by atoms with Crippen LogP contribution in [0.4, 0.5) is 11.4 Å². The first kappa shape index (κ1) is 60.1. The SMILES string of the molecule is CCCCCN1C(=CC=C2CCCC(C=CC3=[N+](CCCCCC(=O)ON4C(=O)CCC4=O)c4ccc(S(=O)(=O)[O-])cc4C3(C)C)=C2Oc2ccc(S(=O)(=O)[O-])cc2)C(C)(C)c2cc(S(=O)(=O)O)ccc21.[Na+].[Na+]. The van der Waals surface area contributed by atoms with Crippen molar-refractivity contribution < 1.29 is 127 Å². The van der Waals surface area contributed by atoms with Crippen molar-refractivity contribution in [1.82, 2.24) is 5.06 Å². The van der Waals surface area contributed by atoms with Crippen LogP contribution in [0.5, 0.6) is 5.75 Å². The maximum Gasteiger partial charge on any atom is 1.00 e. The Balaban J connectivity index is 0.00000494. The van der Waals surface area contributed by atoms with Gasteiger partial charge in [-0.1, -0.05) is 39.7 Å². The molecular formula is C51H58N3Na2O14S3+. The average molecular weight is 1080 g/mol. The number of amides is 2. The van der Waals surface area contributed by atoms with Gasteiger partial charge < -0.3 is 23.6 Å². The number of hydroxylamine groups is 2. The van der Waals surface area contributed by atoms with E-state index in [1.165, 1.54) is 48.5 Å². The summed E-state index contributed by atoms with van der Waals surface area (Å²) in [7, 11) is -14.0. The van der Waals surface area contributed by atoms with Gasteiger partial charge >= 0.3 is 65.1 Å². The minimum atomic E-state index is -4.80. The predicted molar refractivity (Wildman–Crippen MR) is 260 cm³/mol. The Labute approximate surface area is 472 Å². The third-order valence-electron chi connectivity index (χ3n) is 13.5. The first-order chi connectivity index (χ1) is 33.3.